The van der Waals surface area contributed by atoms with Crippen LogP contribution in [0.2, 0.25) is 0 Å². The monoisotopic (exact) mass is 615 g/mol. The molecule has 7 aromatic carbocycles. The van der Waals surface area contributed by atoms with Gasteiger partial charge in [0, 0.05) is 58.5 Å². The van der Waals surface area contributed by atoms with Crippen molar-refractivity contribution in [3.05, 3.63) is 157 Å². The maximum absolute atomic E-state index is 10.1. The zero-order chi connectivity index (χ0) is 31.1. The van der Waals surface area contributed by atoms with Crippen LogP contribution < -0.4 is 0 Å². The van der Waals surface area contributed by atoms with Crippen molar-refractivity contribution in [1.82, 2.24) is 9.13 Å². The Hall–Kier alpha value is -6.15. The van der Waals surface area contributed by atoms with Crippen LogP contribution in [0.5, 0.6) is 0 Å². The van der Waals surface area contributed by atoms with Gasteiger partial charge in [-0.25, -0.2) is 0 Å². The zero-order valence-electron chi connectivity index (χ0n) is 25.2. The lowest BCUT2D eigenvalue weighted by Gasteiger charge is -2.15. The molecule has 4 heteroatoms. The molecule has 0 N–H and O–H groups in total. The quantitative estimate of drug-likeness (QED) is 0.195. The molecule has 0 bridgehead atoms. The summed E-state index contributed by atoms with van der Waals surface area (Å²) < 4.78 is 7.25. The van der Waals surface area contributed by atoms with Crippen LogP contribution in [0.1, 0.15) is 5.56 Å². The maximum Gasteiger partial charge on any atom is 0.0991 e. The minimum absolute atomic E-state index is 0.649. The van der Waals surface area contributed by atoms with E-state index in [1.54, 1.807) is 0 Å². The maximum atomic E-state index is 10.1. The molecule has 10 rings (SSSR count). The van der Waals surface area contributed by atoms with E-state index in [1.165, 1.54) is 52.8 Å². The van der Waals surface area contributed by atoms with E-state index in [1.807, 2.05) is 17.4 Å². The van der Waals surface area contributed by atoms with E-state index in [4.69, 9.17) is 0 Å². The molecule has 3 aromatic heterocycles. The Morgan fingerprint density at radius 2 is 1.06 bits per heavy atom. The number of thiophene rings is 1. The van der Waals surface area contributed by atoms with E-state index in [2.05, 4.69) is 161 Å². The number of para-hydroxylation sites is 4. The van der Waals surface area contributed by atoms with Crippen LogP contribution in [0.3, 0.4) is 0 Å². The number of hydrogen-bond donors (Lipinski definition) is 0. The molecule has 0 amide bonds. The molecule has 0 saturated heterocycles. The van der Waals surface area contributed by atoms with Crippen molar-refractivity contribution in [2.75, 3.05) is 0 Å². The number of benzene rings is 7. The fraction of sp³-hybridized carbons (Fsp3) is 0. The number of aromatic nitrogens is 2. The molecule has 10 aromatic rings. The van der Waals surface area contributed by atoms with Crippen LogP contribution in [-0.4, -0.2) is 9.13 Å². The molecule has 0 aliphatic heterocycles. The van der Waals surface area contributed by atoms with Crippen LogP contribution in [0.15, 0.2) is 152 Å². The van der Waals surface area contributed by atoms with Gasteiger partial charge in [0.2, 0.25) is 0 Å². The number of nitrogens with zero attached hydrogens (tertiary/aromatic N) is 3. The Morgan fingerprint density at radius 1 is 0.447 bits per heavy atom. The molecule has 0 atom stereocenters. The van der Waals surface area contributed by atoms with E-state index in [0.717, 1.165) is 33.5 Å². The third-order valence-electron chi connectivity index (χ3n) is 9.55. The highest BCUT2D eigenvalue weighted by Crippen LogP contribution is 2.47. The Kier molecular flexibility index (Phi) is 5.51. The first-order valence-electron chi connectivity index (χ1n) is 15.8. The van der Waals surface area contributed by atoms with Crippen molar-refractivity contribution in [3.63, 3.8) is 0 Å². The van der Waals surface area contributed by atoms with Crippen molar-refractivity contribution in [2.45, 2.75) is 0 Å². The number of hydrogen-bond acceptors (Lipinski definition) is 2. The van der Waals surface area contributed by atoms with Gasteiger partial charge in [0.05, 0.1) is 39.4 Å². The second-order valence-corrected chi connectivity index (χ2v) is 13.0. The van der Waals surface area contributed by atoms with E-state index >= 15 is 0 Å². The first-order chi connectivity index (χ1) is 23.3. The highest BCUT2D eigenvalue weighted by atomic mass is 32.1. The topological polar surface area (TPSA) is 33.6 Å². The minimum Gasteiger partial charge on any atom is -0.309 e. The summed E-state index contributed by atoms with van der Waals surface area (Å²) in [5.74, 6) is 0. The van der Waals surface area contributed by atoms with Gasteiger partial charge in [0.1, 0.15) is 0 Å². The summed E-state index contributed by atoms with van der Waals surface area (Å²) in [6.45, 7) is 0. The normalized spacial score (nSPS) is 11.8. The molecule has 0 aliphatic rings. The molecule has 3 heterocycles. The first-order valence-corrected chi connectivity index (χ1v) is 16.6. The molecule has 0 radical (unpaired) electrons. The summed E-state index contributed by atoms with van der Waals surface area (Å²) in [4.78, 5) is 0. The van der Waals surface area contributed by atoms with Gasteiger partial charge >= 0.3 is 0 Å². The van der Waals surface area contributed by atoms with Gasteiger partial charge in [-0.2, -0.15) is 5.26 Å². The lowest BCUT2D eigenvalue weighted by molar-refractivity contribution is 1.18. The molecule has 47 heavy (non-hydrogen) atoms. The number of rotatable bonds is 3. The number of fused-ring (bicyclic) bond motifs is 10. The van der Waals surface area contributed by atoms with Crippen molar-refractivity contribution in [3.8, 4) is 28.6 Å². The summed E-state index contributed by atoms with van der Waals surface area (Å²) in [7, 11) is 0. The fourth-order valence-electron chi connectivity index (χ4n) is 7.57. The Balaban J connectivity index is 1.31. The van der Waals surface area contributed by atoms with Gasteiger partial charge in [0.15, 0.2) is 0 Å². The van der Waals surface area contributed by atoms with Crippen molar-refractivity contribution in [2.24, 2.45) is 0 Å². The molecule has 0 fully saturated rings. The van der Waals surface area contributed by atoms with Crippen LogP contribution in [0.25, 0.3) is 86.3 Å². The third-order valence-corrected chi connectivity index (χ3v) is 10.8. The van der Waals surface area contributed by atoms with Gasteiger partial charge in [-0.1, -0.05) is 97.1 Å². The standard InChI is InChI=1S/C43H25N3S/c44-26-27-21-23-39(46-36-18-7-4-13-29(36)30-14-5-8-19-37(30)46)35(25-27)32-17-10-16-31-33-22-24-40-41(43(33)47-42(31)32)34-15-6-9-20-38(34)45(40)28-11-2-1-3-12-28/h1-25H. The number of nitriles is 1. The Bertz CT molecular complexity index is 2860. The summed E-state index contributed by atoms with van der Waals surface area (Å²) in [5.41, 5.74) is 9.77. The molecule has 0 unspecified atom stereocenters. The molecule has 0 spiro atoms. The van der Waals surface area contributed by atoms with E-state index in [0.29, 0.717) is 5.56 Å². The molecule has 0 aliphatic carbocycles. The van der Waals surface area contributed by atoms with Gasteiger partial charge in [-0.3, -0.25) is 0 Å². The van der Waals surface area contributed by atoms with Crippen molar-refractivity contribution >= 4 is 75.1 Å². The average molecular weight is 616 g/mol. The largest absolute Gasteiger partial charge is 0.309 e. The fourth-order valence-corrected chi connectivity index (χ4v) is 8.96. The third kappa shape index (κ3) is 3.66. The zero-order valence-corrected chi connectivity index (χ0v) is 26.0. The van der Waals surface area contributed by atoms with Gasteiger partial charge in [0.25, 0.3) is 0 Å². The highest BCUT2D eigenvalue weighted by Gasteiger charge is 2.21. The van der Waals surface area contributed by atoms with Gasteiger partial charge < -0.3 is 9.13 Å². The first kappa shape index (κ1) is 26.1. The Morgan fingerprint density at radius 3 is 1.79 bits per heavy atom. The van der Waals surface area contributed by atoms with Crippen molar-refractivity contribution in [1.29, 1.82) is 5.26 Å². The predicted octanol–water partition coefficient (Wildman–Crippen LogP) is 11.8. The summed E-state index contributed by atoms with van der Waals surface area (Å²) in [6, 6.07) is 56.3. The SMILES string of the molecule is N#Cc1ccc(-n2c3ccccc3c3ccccc32)c(-c2cccc3c2sc2c3ccc3c2c2ccccc2n3-c2ccccc2)c1. The second-order valence-electron chi connectivity index (χ2n) is 12.0. The summed E-state index contributed by atoms with van der Waals surface area (Å²) in [6.07, 6.45) is 0. The molecule has 0 saturated carbocycles. The summed E-state index contributed by atoms with van der Waals surface area (Å²) in [5, 5.41) is 17.5. The van der Waals surface area contributed by atoms with E-state index in [-0.39, 0.29) is 0 Å². The highest BCUT2D eigenvalue weighted by molar-refractivity contribution is 7.27. The Labute approximate surface area is 274 Å². The van der Waals surface area contributed by atoms with E-state index in [9.17, 15) is 5.26 Å². The van der Waals surface area contributed by atoms with Crippen LogP contribution >= 0.6 is 11.3 Å². The van der Waals surface area contributed by atoms with Crippen molar-refractivity contribution < 1.29 is 0 Å². The van der Waals surface area contributed by atoms with Gasteiger partial charge in [-0.15, -0.1) is 11.3 Å². The lowest BCUT2D eigenvalue weighted by Crippen LogP contribution is -1.98. The van der Waals surface area contributed by atoms with E-state index < -0.39 is 0 Å². The second kappa shape index (κ2) is 9.92. The predicted molar refractivity (Wildman–Crippen MR) is 198 cm³/mol. The molecule has 218 valence electrons. The van der Waals surface area contributed by atoms with Crippen LogP contribution in [-0.2, 0) is 0 Å². The van der Waals surface area contributed by atoms with Crippen LogP contribution in [0, 0.1) is 11.3 Å². The van der Waals surface area contributed by atoms with Crippen LogP contribution in [0.4, 0.5) is 0 Å². The smallest absolute Gasteiger partial charge is 0.0991 e. The molecular weight excluding hydrogens is 591 g/mol. The molecule has 3 nitrogen and oxygen atoms in total. The van der Waals surface area contributed by atoms with Gasteiger partial charge in [-0.05, 0) is 54.6 Å². The lowest BCUT2D eigenvalue weighted by atomic mass is 9.98. The molecular formula is C43H25N3S. The average Bonchev–Trinajstić information content (AvgIpc) is 3.79. The summed E-state index contributed by atoms with van der Waals surface area (Å²) >= 11 is 1.86. The minimum atomic E-state index is 0.649.